The summed E-state index contributed by atoms with van der Waals surface area (Å²) in [6.07, 6.45) is 2.56. The lowest BCUT2D eigenvalue weighted by Gasteiger charge is -2.16. The van der Waals surface area contributed by atoms with Crippen LogP contribution in [0.1, 0.15) is 24.2 Å². The molecular weight excluding hydrogens is 414 g/mol. The van der Waals surface area contributed by atoms with Crippen molar-refractivity contribution < 1.29 is 0 Å². The molecule has 6 rings (SSSR count). The molecule has 0 radical (unpaired) electrons. The number of aryl methyl sites for hydroxylation is 2. The number of piperidine rings is 1. The van der Waals surface area contributed by atoms with Crippen molar-refractivity contribution >= 4 is 11.6 Å². The summed E-state index contributed by atoms with van der Waals surface area (Å²) in [4.78, 5) is 25.0. The lowest BCUT2D eigenvalue weighted by Crippen LogP contribution is -2.31. The number of rotatable bonds is 5. The summed E-state index contributed by atoms with van der Waals surface area (Å²) in [6, 6.07) is 14.6. The monoisotopic (exact) mass is 441 g/mol. The number of fused-ring (bicyclic) bond motifs is 2. The normalized spacial score (nSPS) is 19.8. The van der Waals surface area contributed by atoms with E-state index < -0.39 is 0 Å². The minimum Gasteiger partial charge on any atom is -0.369 e. The van der Waals surface area contributed by atoms with Crippen LogP contribution >= 0.6 is 0 Å². The Kier molecular flexibility index (Phi) is 4.58. The Labute approximate surface area is 191 Å². The molecule has 2 unspecified atom stereocenters. The first-order chi connectivity index (χ1) is 16.0. The molecule has 1 aliphatic heterocycles. The number of hydrogen-bond acceptors (Lipinski definition) is 6. The number of pyridine rings is 1. The van der Waals surface area contributed by atoms with Crippen LogP contribution in [0.25, 0.3) is 28.0 Å². The van der Waals surface area contributed by atoms with Crippen LogP contribution in [0, 0.1) is 19.8 Å². The van der Waals surface area contributed by atoms with Gasteiger partial charge in [-0.1, -0.05) is 30.3 Å². The molecule has 8 heteroatoms. The van der Waals surface area contributed by atoms with Gasteiger partial charge in [-0.15, -0.1) is 5.10 Å². The summed E-state index contributed by atoms with van der Waals surface area (Å²) in [5, 5.41) is 4.79. The van der Waals surface area contributed by atoms with Gasteiger partial charge >= 0.3 is 5.69 Å². The third-order valence-electron chi connectivity index (χ3n) is 6.91. The average molecular weight is 442 g/mol. The number of aromatic nitrogens is 5. The predicted octanol–water partition coefficient (Wildman–Crippen LogP) is 2.91. The Morgan fingerprint density at radius 2 is 1.79 bits per heavy atom. The molecule has 2 atom stereocenters. The topological polar surface area (TPSA) is 94.3 Å². The van der Waals surface area contributed by atoms with Crippen molar-refractivity contribution in [1.29, 1.82) is 0 Å². The van der Waals surface area contributed by atoms with Crippen molar-refractivity contribution in [3.63, 3.8) is 0 Å². The first-order valence-corrected chi connectivity index (χ1v) is 11.5. The SMILES string of the molecule is Cc1cc(-c2c(-c3ccccc3)nc(N)n3c(=O)n(CCN4CCC5CC54)nc23)cc(C)n1. The van der Waals surface area contributed by atoms with Crippen LogP contribution in [0.5, 0.6) is 0 Å². The summed E-state index contributed by atoms with van der Waals surface area (Å²) in [5.74, 6) is 1.01. The van der Waals surface area contributed by atoms with E-state index in [2.05, 4.69) is 9.88 Å². The van der Waals surface area contributed by atoms with Crippen molar-refractivity contribution in [1.82, 2.24) is 29.0 Å². The van der Waals surface area contributed by atoms with E-state index in [9.17, 15) is 4.79 Å². The van der Waals surface area contributed by atoms with Crippen LogP contribution in [0.3, 0.4) is 0 Å². The zero-order valence-electron chi connectivity index (χ0n) is 18.9. The van der Waals surface area contributed by atoms with E-state index in [1.165, 1.54) is 17.2 Å². The molecule has 33 heavy (non-hydrogen) atoms. The summed E-state index contributed by atoms with van der Waals surface area (Å²) < 4.78 is 2.99. The first-order valence-electron chi connectivity index (χ1n) is 11.5. The zero-order valence-corrected chi connectivity index (χ0v) is 18.9. The van der Waals surface area contributed by atoms with Gasteiger partial charge in [0, 0.05) is 29.5 Å². The van der Waals surface area contributed by atoms with E-state index in [-0.39, 0.29) is 11.6 Å². The Hall–Kier alpha value is -3.52. The molecule has 0 amide bonds. The van der Waals surface area contributed by atoms with Crippen LogP contribution in [0.15, 0.2) is 47.3 Å². The molecule has 1 saturated heterocycles. The number of likely N-dealkylation sites (tertiary alicyclic amines) is 1. The third kappa shape index (κ3) is 3.41. The van der Waals surface area contributed by atoms with Gasteiger partial charge in [0.2, 0.25) is 5.95 Å². The summed E-state index contributed by atoms with van der Waals surface area (Å²) in [5.41, 5.74) is 11.8. The van der Waals surface area contributed by atoms with E-state index >= 15 is 0 Å². The smallest absolute Gasteiger partial charge is 0.353 e. The predicted molar refractivity (Wildman–Crippen MR) is 128 cm³/mol. The van der Waals surface area contributed by atoms with E-state index in [1.807, 2.05) is 56.3 Å². The van der Waals surface area contributed by atoms with Crippen LogP contribution in [-0.2, 0) is 6.54 Å². The quantitative estimate of drug-likeness (QED) is 0.512. The van der Waals surface area contributed by atoms with Crippen molar-refractivity contribution in [2.75, 3.05) is 18.8 Å². The molecule has 8 nitrogen and oxygen atoms in total. The van der Waals surface area contributed by atoms with Gasteiger partial charge in [0.1, 0.15) is 0 Å². The molecule has 168 valence electrons. The number of nitrogens with two attached hydrogens (primary N) is 1. The van der Waals surface area contributed by atoms with Crippen molar-refractivity contribution in [3.8, 4) is 22.4 Å². The summed E-state index contributed by atoms with van der Waals surface area (Å²) >= 11 is 0. The largest absolute Gasteiger partial charge is 0.369 e. The van der Waals surface area contributed by atoms with Gasteiger partial charge in [-0.05, 0) is 56.8 Å². The van der Waals surface area contributed by atoms with Crippen molar-refractivity contribution in [2.45, 2.75) is 39.3 Å². The van der Waals surface area contributed by atoms with Crippen LogP contribution in [0.2, 0.25) is 0 Å². The average Bonchev–Trinajstić information content (AvgIpc) is 3.35. The number of benzene rings is 1. The number of nitrogens with zero attached hydrogens (tertiary/aromatic N) is 6. The Bertz CT molecular complexity index is 1400. The Balaban J connectivity index is 1.53. The maximum absolute atomic E-state index is 13.3. The van der Waals surface area contributed by atoms with Crippen LogP contribution in [0.4, 0.5) is 5.95 Å². The maximum atomic E-state index is 13.3. The highest BCUT2D eigenvalue weighted by molar-refractivity contribution is 5.90. The molecule has 0 spiro atoms. The molecule has 3 aromatic heterocycles. The van der Waals surface area contributed by atoms with Gasteiger partial charge in [0.15, 0.2) is 5.65 Å². The fourth-order valence-corrected chi connectivity index (χ4v) is 5.29. The minimum atomic E-state index is -0.245. The highest BCUT2D eigenvalue weighted by Crippen LogP contribution is 2.44. The van der Waals surface area contributed by atoms with Gasteiger partial charge in [0.25, 0.3) is 0 Å². The lowest BCUT2D eigenvalue weighted by atomic mass is 9.99. The maximum Gasteiger partial charge on any atom is 0.353 e. The molecule has 0 bridgehead atoms. The zero-order chi connectivity index (χ0) is 22.7. The summed E-state index contributed by atoms with van der Waals surface area (Å²) in [7, 11) is 0. The second-order valence-electron chi connectivity index (χ2n) is 9.25. The fourth-order valence-electron chi connectivity index (χ4n) is 5.29. The van der Waals surface area contributed by atoms with E-state index in [0.29, 0.717) is 23.9 Å². The first kappa shape index (κ1) is 20.1. The molecule has 2 N–H and O–H groups in total. The van der Waals surface area contributed by atoms with Gasteiger partial charge in [-0.25, -0.2) is 18.9 Å². The highest BCUT2D eigenvalue weighted by atomic mass is 16.2. The van der Waals surface area contributed by atoms with Crippen molar-refractivity contribution in [2.24, 2.45) is 5.92 Å². The molecule has 1 saturated carbocycles. The Morgan fingerprint density at radius 1 is 1.03 bits per heavy atom. The van der Waals surface area contributed by atoms with Gasteiger partial charge < -0.3 is 5.73 Å². The molecule has 1 aliphatic carbocycles. The lowest BCUT2D eigenvalue weighted by molar-refractivity contribution is 0.280. The number of hydrogen-bond donors (Lipinski definition) is 1. The summed E-state index contributed by atoms with van der Waals surface area (Å²) in [6.45, 7) is 6.41. The molecule has 2 fully saturated rings. The number of nitrogen functional groups attached to an aromatic ring is 1. The van der Waals surface area contributed by atoms with Gasteiger partial charge in [-0.3, -0.25) is 9.88 Å². The van der Waals surface area contributed by atoms with E-state index in [0.717, 1.165) is 47.1 Å². The van der Waals surface area contributed by atoms with Crippen LogP contribution in [-0.4, -0.2) is 48.2 Å². The fraction of sp³-hybridized carbons (Fsp3) is 0.360. The molecule has 4 aromatic rings. The second kappa shape index (κ2) is 7.52. The standard InChI is InChI=1S/C25H27N7O/c1-15-12-19(13-16(2)27-15)21-22(17-6-4-3-5-7-17)28-24(26)32-23(21)29-31(25(32)33)11-10-30-9-8-18-14-20(18)30/h3-7,12-13,18,20H,8-11,14H2,1-2H3,(H2,26,28). The highest BCUT2D eigenvalue weighted by Gasteiger charge is 2.46. The van der Waals surface area contributed by atoms with E-state index in [1.54, 1.807) is 4.68 Å². The molecular formula is C25H27N7O. The second-order valence-corrected chi connectivity index (χ2v) is 9.25. The third-order valence-corrected chi connectivity index (χ3v) is 6.91. The molecule has 1 aromatic carbocycles. The van der Waals surface area contributed by atoms with Gasteiger partial charge in [-0.2, -0.15) is 0 Å². The van der Waals surface area contributed by atoms with Crippen LogP contribution < -0.4 is 11.4 Å². The van der Waals surface area contributed by atoms with Gasteiger partial charge in [0.05, 0.1) is 17.8 Å². The Morgan fingerprint density at radius 3 is 2.45 bits per heavy atom. The van der Waals surface area contributed by atoms with E-state index in [4.69, 9.17) is 15.8 Å². The minimum absolute atomic E-state index is 0.148. The molecule has 2 aliphatic rings. The number of anilines is 1. The van der Waals surface area contributed by atoms with Crippen molar-refractivity contribution in [3.05, 3.63) is 64.3 Å². The molecule has 4 heterocycles.